The molecule has 1 atom stereocenters. The Morgan fingerprint density at radius 1 is 1.05 bits per heavy atom. The van der Waals surface area contributed by atoms with E-state index in [0.717, 1.165) is 17.7 Å². The van der Waals surface area contributed by atoms with Crippen molar-refractivity contribution >= 4 is 11.6 Å². The molecule has 1 unspecified atom stereocenters. The molecule has 4 heteroatoms. The van der Waals surface area contributed by atoms with Gasteiger partial charge in [0.05, 0.1) is 6.61 Å². The summed E-state index contributed by atoms with van der Waals surface area (Å²) in [6.45, 7) is 2.93. The molecule has 2 rings (SSSR count). The first kappa shape index (κ1) is 15.7. The molecule has 3 nitrogen and oxygen atoms in total. The zero-order valence-electron chi connectivity index (χ0n) is 12.0. The Bertz CT molecular complexity index is 554. The molecule has 0 saturated carbocycles. The Labute approximate surface area is 130 Å². The van der Waals surface area contributed by atoms with Crippen LogP contribution in [-0.2, 0) is 0 Å². The van der Waals surface area contributed by atoms with Gasteiger partial charge in [0.25, 0.3) is 0 Å². The standard InChI is InChI=1S/C17H19ClO3/c1-2-10-20-15-8-6-13(7-9-15)17(19)12-21-16-5-3-4-14(18)11-16/h3-9,11,17,19H,2,10,12H2,1H3. The average Bonchev–Trinajstić information content (AvgIpc) is 2.51. The van der Waals surface area contributed by atoms with Crippen molar-refractivity contribution in [1.29, 1.82) is 0 Å². The molecule has 0 amide bonds. The summed E-state index contributed by atoms with van der Waals surface area (Å²) >= 11 is 5.88. The number of rotatable bonds is 7. The number of benzene rings is 2. The molecule has 112 valence electrons. The maximum Gasteiger partial charge on any atom is 0.120 e. The van der Waals surface area contributed by atoms with Gasteiger partial charge < -0.3 is 14.6 Å². The molecule has 0 aliphatic heterocycles. The summed E-state index contributed by atoms with van der Waals surface area (Å²) in [4.78, 5) is 0. The number of aliphatic hydroxyl groups is 1. The molecular weight excluding hydrogens is 288 g/mol. The Morgan fingerprint density at radius 2 is 1.81 bits per heavy atom. The Morgan fingerprint density at radius 3 is 2.48 bits per heavy atom. The zero-order valence-corrected chi connectivity index (χ0v) is 12.7. The van der Waals surface area contributed by atoms with Crippen LogP contribution in [0.2, 0.25) is 5.02 Å². The van der Waals surface area contributed by atoms with Gasteiger partial charge in [0, 0.05) is 5.02 Å². The summed E-state index contributed by atoms with van der Waals surface area (Å²) in [6.07, 6.45) is 0.280. The molecule has 0 aliphatic carbocycles. The first-order valence-corrected chi connectivity index (χ1v) is 7.36. The van der Waals surface area contributed by atoms with Crippen molar-refractivity contribution in [3.05, 3.63) is 59.1 Å². The largest absolute Gasteiger partial charge is 0.494 e. The van der Waals surface area contributed by atoms with Crippen LogP contribution >= 0.6 is 11.6 Å². The van der Waals surface area contributed by atoms with E-state index in [1.54, 1.807) is 18.2 Å². The number of hydrogen-bond donors (Lipinski definition) is 1. The second-order valence-corrected chi connectivity index (χ2v) is 5.14. The Balaban J connectivity index is 1.89. The van der Waals surface area contributed by atoms with Gasteiger partial charge >= 0.3 is 0 Å². The molecule has 0 fully saturated rings. The van der Waals surface area contributed by atoms with Crippen molar-refractivity contribution in [2.75, 3.05) is 13.2 Å². The topological polar surface area (TPSA) is 38.7 Å². The van der Waals surface area contributed by atoms with Crippen molar-refractivity contribution in [3.8, 4) is 11.5 Å². The first-order valence-electron chi connectivity index (χ1n) is 6.98. The van der Waals surface area contributed by atoms with E-state index in [2.05, 4.69) is 6.92 Å². The molecule has 0 aliphatic rings. The third-order valence-corrected chi connectivity index (χ3v) is 3.18. The average molecular weight is 307 g/mol. The predicted molar refractivity (Wildman–Crippen MR) is 84.1 cm³/mol. The lowest BCUT2D eigenvalue weighted by molar-refractivity contribution is 0.108. The van der Waals surface area contributed by atoms with E-state index in [1.165, 1.54) is 0 Å². The lowest BCUT2D eigenvalue weighted by Crippen LogP contribution is -2.09. The van der Waals surface area contributed by atoms with Gasteiger partial charge in [-0.05, 0) is 42.3 Å². The fraction of sp³-hybridized carbons (Fsp3) is 0.294. The summed E-state index contributed by atoms with van der Waals surface area (Å²) in [5.41, 5.74) is 0.792. The van der Waals surface area contributed by atoms with Gasteiger partial charge in [0.15, 0.2) is 0 Å². The lowest BCUT2D eigenvalue weighted by Gasteiger charge is -2.13. The maximum absolute atomic E-state index is 10.1. The third kappa shape index (κ3) is 4.96. The van der Waals surface area contributed by atoms with E-state index < -0.39 is 6.10 Å². The highest BCUT2D eigenvalue weighted by Gasteiger charge is 2.09. The highest BCUT2D eigenvalue weighted by Crippen LogP contribution is 2.21. The van der Waals surface area contributed by atoms with E-state index >= 15 is 0 Å². The molecule has 2 aromatic rings. The van der Waals surface area contributed by atoms with Gasteiger partial charge in [-0.1, -0.05) is 36.7 Å². The third-order valence-electron chi connectivity index (χ3n) is 2.94. The van der Waals surface area contributed by atoms with Gasteiger partial charge in [0.2, 0.25) is 0 Å². The van der Waals surface area contributed by atoms with Crippen molar-refractivity contribution in [2.45, 2.75) is 19.4 Å². The molecule has 0 heterocycles. The maximum atomic E-state index is 10.1. The fourth-order valence-electron chi connectivity index (χ4n) is 1.83. The molecule has 2 aromatic carbocycles. The van der Waals surface area contributed by atoms with Crippen LogP contribution < -0.4 is 9.47 Å². The zero-order chi connectivity index (χ0) is 15.1. The molecule has 0 spiro atoms. The van der Waals surface area contributed by atoms with Gasteiger partial charge in [-0.3, -0.25) is 0 Å². The monoisotopic (exact) mass is 306 g/mol. The van der Waals surface area contributed by atoms with Crippen molar-refractivity contribution in [3.63, 3.8) is 0 Å². The smallest absolute Gasteiger partial charge is 0.120 e. The first-order chi connectivity index (χ1) is 10.2. The molecule has 21 heavy (non-hydrogen) atoms. The summed E-state index contributed by atoms with van der Waals surface area (Å²) in [5.74, 6) is 1.45. The predicted octanol–water partition coefficient (Wildman–Crippen LogP) is 4.24. The van der Waals surface area contributed by atoms with E-state index in [0.29, 0.717) is 17.4 Å². The number of aliphatic hydroxyl groups excluding tert-OH is 1. The van der Waals surface area contributed by atoms with Crippen molar-refractivity contribution in [1.82, 2.24) is 0 Å². The van der Waals surface area contributed by atoms with Crippen LogP contribution in [0.4, 0.5) is 0 Å². The van der Waals surface area contributed by atoms with Gasteiger partial charge in [0.1, 0.15) is 24.2 Å². The van der Waals surface area contributed by atoms with E-state index in [4.69, 9.17) is 21.1 Å². The van der Waals surface area contributed by atoms with Gasteiger partial charge in [-0.25, -0.2) is 0 Å². The summed E-state index contributed by atoms with van der Waals surface area (Å²) in [7, 11) is 0. The van der Waals surface area contributed by atoms with Crippen LogP contribution in [0.1, 0.15) is 25.0 Å². The van der Waals surface area contributed by atoms with Crippen LogP contribution in [0.5, 0.6) is 11.5 Å². The van der Waals surface area contributed by atoms with E-state index in [1.807, 2.05) is 30.3 Å². The van der Waals surface area contributed by atoms with Crippen LogP contribution in [0.3, 0.4) is 0 Å². The number of hydrogen-bond acceptors (Lipinski definition) is 3. The van der Waals surface area contributed by atoms with Crippen LogP contribution in [0.15, 0.2) is 48.5 Å². The number of ether oxygens (including phenoxy) is 2. The molecule has 1 N–H and O–H groups in total. The Kier molecular flexibility index (Phi) is 5.90. The lowest BCUT2D eigenvalue weighted by atomic mass is 10.1. The van der Waals surface area contributed by atoms with E-state index in [9.17, 15) is 5.11 Å². The molecule has 0 radical (unpaired) electrons. The second-order valence-electron chi connectivity index (χ2n) is 4.70. The van der Waals surface area contributed by atoms with Gasteiger partial charge in [-0.2, -0.15) is 0 Å². The quantitative estimate of drug-likeness (QED) is 0.831. The summed E-state index contributed by atoms with van der Waals surface area (Å²) in [6, 6.07) is 14.5. The minimum atomic E-state index is -0.691. The minimum Gasteiger partial charge on any atom is -0.494 e. The molecule has 0 aromatic heterocycles. The minimum absolute atomic E-state index is 0.176. The molecular formula is C17H19ClO3. The SMILES string of the molecule is CCCOc1ccc(C(O)COc2cccc(Cl)c2)cc1. The van der Waals surface area contributed by atoms with Gasteiger partial charge in [-0.15, -0.1) is 0 Å². The summed E-state index contributed by atoms with van der Waals surface area (Å²) in [5, 5.41) is 10.7. The molecule has 0 saturated heterocycles. The van der Waals surface area contributed by atoms with Crippen molar-refractivity contribution in [2.24, 2.45) is 0 Å². The van der Waals surface area contributed by atoms with Crippen LogP contribution in [-0.4, -0.2) is 18.3 Å². The summed E-state index contributed by atoms with van der Waals surface area (Å²) < 4.78 is 11.0. The fourth-order valence-corrected chi connectivity index (χ4v) is 2.01. The normalized spacial score (nSPS) is 12.0. The molecule has 0 bridgehead atoms. The van der Waals surface area contributed by atoms with Crippen LogP contribution in [0, 0.1) is 0 Å². The highest BCUT2D eigenvalue weighted by atomic mass is 35.5. The van der Waals surface area contributed by atoms with Crippen LogP contribution in [0.25, 0.3) is 0 Å². The second kappa shape index (κ2) is 7.91. The Hall–Kier alpha value is -1.71. The number of halogens is 1. The highest BCUT2D eigenvalue weighted by molar-refractivity contribution is 6.30. The van der Waals surface area contributed by atoms with Crippen molar-refractivity contribution < 1.29 is 14.6 Å². The van der Waals surface area contributed by atoms with E-state index in [-0.39, 0.29) is 6.61 Å².